The van der Waals surface area contributed by atoms with Gasteiger partial charge >= 0.3 is 0 Å². The minimum absolute atomic E-state index is 0.638. The van der Waals surface area contributed by atoms with E-state index in [0.717, 1.165) is 78.8 Å². The first-order valence-electron chi connectivity index (χ1n) is 18.8. The van der Waals surface area contributed by atoms with Crippen molar-refractivity contribution in [3.05, 3.63) is 181 Å². The number of fused-ring (bicyclic) bond motifs is 6. The molecule has 0 amide bonds. The fraction of sp³-hybridized carbons (Fsp3) is 0.0392. The number of allylic oxidation sites excluding steroid dienone is 1. The second-order valence-corrected chi connectivity index (χ2v) is 14.4. The molecular formula is C51H33N3O. The summed E-state index contributed by atoms with van der Waals surface area (Å²) in [6.45, 7) is 0. The third-order valence-corrected chi connectivity index (χ3v) is 11.0. The summed E-state index contributed by atoms with van der Waals surface area (Å²) in [7, 11) is 0. The lowest BCUT2D eigenvalue weighted by molar-refractivity contribution is 0.669. The van der Waals surface area contributed by atoms with E-state index in [9.17, 15) is 0 Å². The van der Waals surface area contributed by atoms with Gasteiger partial charge in [-0.05, 0) is 104 Å². The predicted octanol–water partition coefficient (Wildman–Crippen LogP) is 13.4. The Morgan fingerprint density at radius 1 is 0.418 bits per heavy atom. The molecule has 258 valence electrons. The van der Waals surface area contributed by atoms with Crippen molar-refractivity contribution >= 4 is 49.6 Å². The molecule has 8 aromatic carbocycles. The van der Waals surface area contributed by atoms with Crippen LogP contribution < -0.4 is 0 Å². The summed E-state index contributed by atoms with van der Waals surface area (Å²) in [5.74, 6) is 1.93. The van der Waals surface area contributed by atoms with E-state index in [1.54, 1.807) is 0 Å². The van der Waals surface area contributed by atoms with Crippen molar-refractivity contribution in [2.75, 3.05) is 0 Å². The highest BCUT2D eigenvalue weighted by molar-refractivity contribution is 6.13. The van der Waals surface area contributed by atoms with Crippen molar-refractivity contribution in [2.24, 2.45) is 0 Å². The topological polar surface area (TPSA) is 51.8 Å². The van der Waals surface area contributed by atoms with Gasteiger partial charge in [0.2, 0.25) is 0 Å². The molecule has 0 atom stereocenters. The van der Waals surface area contributed by atoms with Gasteiger partial charge in [0.05, 0.1) is 0 Å². The second kappa shape index (κ2) is 12.8. The highest BCUT2D eigenvalue weighted by Crippen LogP contribution is 2.38. The molecule has 2 aromatic heterocycles. The molecule has 0 fully saturated rings. The molecule has 4 nitrogen and oxygen atoms in total. The van der Waals surface area contributed by atoms with Crippen molar-refractivity contribution in [2.45, 2.75) is 12.8 Å². The Labute approximate surface area is 318 Å². The molecule has 0 aliphatic heterocycles. The molecule has 1 aliphatic carbocycles. The second-order valence-electron chi connectivity index (χ2n) is 14.4. The Hall–Kier alpha value is -7.17. The summed E-state index contributed by atoms with van der Waals surface area (Å²) in [4.78, 5) is 15.3. The van der Waals surface area contributed by atoms with Crippen LogP contribution in [0.1, 0.15) is 17.5 Å². The van der Waals surface area contributed by atoms with Crippen molar-refractivity contribution in [1.82, 2.24) is 15.0 Å². The molecule has 11 rings (SSSR count). The van der Waals surface area contributed by atoms with Crippen molar-refractivity contribution in [3.8, 4) is 56.4 Å². The number of hydrogen-bond acceptors (Lipinski definition) is 4. The molecule has 0 spiro atoms. The van der Waals surface area contributed by atoms with E-state index in [1.807, 2.05) is 18.2 Å². The fourth-order valence-corrected chi connectivity index (χ4v) is 8.08. The summed E-state index contributed by atoms with van der Waals surface area (Å²) in [6.07, 6.45) is 6.72. The van der Waals surface area contributed by atoms with Crippen LogP contribution >= 0.6 is 0 Å². The van der Waals surface area contributed by atoms with E-state index in [1.165, 1.54) is 27.6 Å². The molecule has 10 aromatic rings. The van der Waals surface area contributed by atoms with Crippen LogP contribution in [0, 0.1) is 0 Å². The van der Waals surface area contributed by atoms with Gasteiger partial charge in [0.1, 0.15) is 11.2 Å². The van der Waals surface area contributed by atoms with Crippen molar-refractivity contribution in [1.29, 1.82) is 0 Å². The summed E-state index contributed by atoms with van der Waals surface area (Å²) >= 11 is 0. The third-order valence-electron chi connectivity index (χ3n) is 11.0. The number of furan rings is 1. The maximum atomic E-state index is 6.19. The van der Waals surface area contributed by atoms with Gasteiger partial charge in [-0.25, -0.2) is 15.0 Å². The number of aryl methyl sites for hydroxylation is 1. The van der Waals surface area contributed by atoms with Crippen molar-refractivity contribution in [3.63, 3.8) is 0 Å². The smallest absolute Gasteiger partial charge is 0.164 e. The SMILES string of the molecule is C1=Cc2cc(-c3ccc(-c4nc(-c5ccc6ccccc6c5)nc(-c5ccc6cc(-c7cccc8oc9ccccc9c78)ccc6c5)n4)cc3)ccc2CC1. The average Bonchev–Trinajstić information content (AvgIpc) is 3.65. The third kappa shape index (κ3) is 5.58. The highest BCUT2D eigenvalue weighted by atomic mass is 16.3. The lowest BCUT2D eigenvalue weighted by atomic mass is 9.93. The molecule has 2 heterocycles. The maximum absolute atomic E-state index is 6.19. The Balaban J connectivity index is 0.999. The zero-order valence-corrected chi connectivity index (χ0v) is 29.9. The van der Waals surface area contributed by atoms with Gasteiger partial charge < -0.3 is 4.42 Å². The maximum Gasteiger partial charge on any atom is 0.164 e. The lowest BCUT2D eigenvalue weighted by Gasteiger charge is -2.13. The molecule has 4 heteroatoms. The van der Waals surface area contributed by atoms with Crippen molar-refractivity contribution < 1.29 is 4.42 Å². The Morgan fingerprint density at radius 2 is 1.00 bits per heavy atom. The minimum Gasteiger partial charge on any atom is -0.456 e. The van der Waals surface area contributed by atoms with Crippen LogP contribution in [0.3, 0.4) is 0 Å². The number of rotatable bonds is 5. The molecule has 0 saturated heterocycles. The van der Waals surface area contributed by atoms with Crippen LogP contribution in [0.2, 0.25) is 0 Å². The van der Waals surface area contributed by atoms with E-state index >= 15 is 0 Å². The molecule has 0 saturated carbocycles. The molecule has 55 heavy (non-hydrogen) atoms. The van der Waals surface area contributed by atoms with Gasteiger partial charge in [-0.1, -0.05) is 140 Å². The van der Waals surface area contributed by atoms with Gasteiger partial charge in [-0.3, -0.25) is 0 Å². The summed E-state index contributed by atoms with van der Waals surface area (Å²) in [5, 5.41) is 6.85. The summed E-state index contributed by atoms with van der Waals surface area (Å²) < 4.78 is 6.19. The van der Waals surface area contributed by atoms with E-state index in [0.29, 0.717) is 17.5 Å². The van der Waals surface area contributed by atoms with E-state index in [4.69, 9.17) is 19.4 Å². The van der Waals surface area contributed by atoms with E-state index in [2.05, 4.69) is 158 Å². The molecule has 0 bridgehead atoms. The molecule has 0 unspecified atom stereocenters. The molecular weight excluding hydrogens is 671 g/mol. The van der Waals surface area contributed by atoms with Gasteiger partial charge in [0.15, 0.2) is 17.5 Å². The number of hydrogen-bond donors (Lipinski definition) is 0. The predicted molar refractivity (Wildman–Crippen MR) is 227 cm³/mol. The Morgan fingerprint density at radius 3 is 1.80 bits per heavy atom. The molecule has 1 aliphatic rings. The minimum atomic E-state index is 0.638. The standard InChI is InChI=1S/C51H33N3O/c1-3-10-36-28-38(22-18-32(36)8-1)34-16-20-35(21-17-34)49-52-50(42-26-19-33-9-2-4-11-37(33)30-42)54-51(53-49)43-27-24-39-29-41(25-23-40(39)31-43)44-13-7-15-47-48(44)45-12-5-6-14-46(45)55-47/h2-7,9-31H,1,8H2. The van der Waals surface area contributed by atoms with Gasteiger partial charge in [-0.15, -0.1) is 0 Å². The zero-order chi connectivity index (χ0) is 36.3. The van der Waals surface area contributed by atoms with Crippen LogP contribution in [0.4, 0.5) is 0 Å². The van der Waals surface area contributed by atoms with Crippen LogP contribution in [-0.2, 0) is 6.42 Å². The van der Waals surface area contributed by atoms with Crippen LogP contribution in [0.15, 0.2) is 174 Å². The largest absolute Gasteiger partial charge is 0.456 e. The fourth-order valence-electron chi connectivity index (χ4n) is 8.08. The quantitative estimate of drug-likeness (QED) is 0.179. The first-order chi connectivity index (χ1) is 27.2. The summed E-state index contributed by atoms with van der Waals surface area (Å²) in [6, 6.07) is 57.8. The van der Waals surface area contributed by atoms with Crippen LogP contribution in [0.25, 0.3) is 106 Å². The van der Waals surface area contributed by atoms with Crippen LogP contribution in [-0.4, -0.2) is 15.0 Å². The number of benzene rings is 8. The first-order valence-corrected chi connectivity index (χ1v) is 18.8. The molecule has 0 radical (unpaired) electrons. The molecule has 0 N–H and O–H groups in total. The van der Waals surface area contributed by atoms with Gasteiger partial charge in [0.25, 0.3) is 0 Å². The van der Waals surface area contributed by atoms with E-state index < -0.39 is 0 Å². The highest BCUT2D eigenvalue weighted by Gasteiger charge is 2.16. The number of para-hydroxylation sites is 1. The lowest BCUT2D eigenvalue weighted by Crippen LogP contribution is -2.00. The van der Waals surface area contributed by atoms with E-state index in [-0.39, 0.29) is 0 Å². The Bertz CT molecular complexity index is 3150. The number of aromatic nitrogens is 3. The monoisotopic (exact) mass is 703 g/mol. The normalized spacial score (nSPS) is 12.5. The Kier molecular flexibility index (Phi) is 7.27. The average molecular weight is 704 g/mol. The van der Waals surface area contributed by atoms with Gasteiger partial charge in [0, 0.05) is 27.5 Å². The first kappa shape index (κ1) is 31.4. The number of nitrogens with zero attached hydrogens (tertiary/aromatic N) is 3. The van der Waals surface area contributed by atoms with Gasteiger partial charge in [-0.2, -0.15) is 0 Å². The van der Waals surface area contributed by atoms with Crippen LogP contribution in [0.5, 0.6) is 0 Å². The zero-order valence-electron chi connectivity index (χ0n) is 29.9. The summed E-state index contributed by atoms with van der Waals surface area (Å²) in [5.41, 5.74) is 12.0.